The van der Waals surface area contributed by atoms with Crippen LogP contribution in [0.1, 0.15) is 20.7 Å². The third-order valence-corrected chi connectivity index (χ3v) is 6.31. The molecule has 3 aromatic rings. The van der Waals surface area contributed by atoms with Crippen molar-refractivity contribution in [2.75, 3.05) is 49.6 Å². The van der Waals surface area contributed by atoms with Crippen LogP contribution < -0.4 is 25.0 Å². The number of ether oxygens (including phenoxy) is 2. The first-order valence-electron chi connectivity index (χ1n) is 11.8. The molecule has 2 heterocycles. The number of hydrogen-bond acceptors (Lipinski definition) is 6. The van der Waals surface area contributed by atoms with Crippen LogP contribution in [0, 0.1) is 0 Å². The summed E-state index contributed by atoms with van der Waals surface area (Å²) < 4.78 is 11.0. The van der Waals surface area contributed by atoms with E-state index < -0.39 is 0 Å². The molecule has 0 bridgehead atoms. The number of nitrogens with zero attached hydrogens (tertiary/aromatic N) is 2. The predicted molar refractivity (Wildman–Crippen MR) is 142 cm³/mol. The molecular formula is C27H26N4O4S. The van der Waals surface area contributed by atoms with Crippen molar-refractivity contribution in [3.05, 3.63) is 83.9 Å². The Morgan fingerprint density at radius 3 is 2.19 bits per heavy atom. The smallest absolute Gasteiger partial charge is 0.257 e. The zero-order valence-electron chi connectivity index (χ0n) is 19.6. The summed E-state index contributed by atoms with van der Waals surface area (Å²) in [4.78, 5) is 29.4. The van der Waals surface area contributed by atoms with Gasteiger partial charge >= 0.3 is 0 Å². The SMILES string of the molecule is O=C(NC(=S)Nc1ccc(N2CCN(C(=O)c3ccccc3)CC2)cc1)c1ccc2c(c1)OCCO2. The minimum Gasteiger partial charge on any atom is -0.486 e. The summed E-state index contributed by atoms with van der Waals surface area (Å²) in [5.74, 6) is 0.919. The van der Waals surface area contributed by atoms with Crippen molar-refractivity contribution < 1.29 is 19.1 Å². The Balaban J connectivity index is 1.12. The van der Waals surface area contributed by atoms with E-state index in [1.165, 1.54) is 0 Å². The van der Waals surface area contributed by atoms with Crippen molar-refractivity contribution in [1.82, 2.24) is 10.2 Å². The van der Waals surface area contributed by atoms with Gasteiger partial charge < -0.3 is 24.6 Å². The van der Waals surface area contributed by atoms with Crippen LogP contribution in [0.3, 0.4) is 0 Å². The molecule has 0 aliphatic carbocycles. The lowest BCUT2D eigenvalue weighted by molar-refractivity contribution is 0.0746. The molecule has 0 radical (unpaired) electrons. The van der Waals surface area contributed by atoms with Crippen LogP contribution >= 0.6 is 12.2 Å². The molecule has 2 aliphatic rings. The highest BCUT2D eigenvalue weighted by Crippen LogP contribution is 2.30. The maximum Gasteiger partial charge on any atom is 0.257 e. The minimum atomic E-state index is -0.330. The highest BCUT2D eigenvalue weighted by atomic mass is 32.1. The molecule has 3 aromatic carbocycles. The van der Waals surface area contributed by atoms with Crippen molar-refractivity contribution in [3.8, 4) is 11.5 Å². The maximum absolute atomic E-state index is 12.7. The van der Waals surface area contributed by atoms with Gasteiger partial charge in [0.15, 0.2) is 16.6 Å². The van der Waals surface area contributed by atoms with E-state index in [-0.39, 0.29) is 16.9 Å². The predicted octanol–water partition coefficient (Wildman–Crippen LogP) is 3.55. The molecule has 0 atom stereocenters. The number of rotatable bonds is 4. The first-order valence-corrected chi connectivity index (χ1v) is 12.2. The van der Waals surface area contributed by atoms with Gasteiger partial charge in [-0.1, -0.05) is 18.2 Å². The fourth-order valence-corrected chi connectivity index (χ4v) is 4.42. The summed E-state index contributed by atoms with van der Waals surface area (Å²) in [6.45, 7) is 3.81. The van der Waals surface area contributed by atoms with E-state index in [9.17, 15) is 9.59 Å². The van der Waals surface area contributed by atoms with Gasteiger partial charge in [-0.25, -0.2) is 0 Å². The molecule has 184 valence electrons. The molecule has 5 rings (SSSR count). The van der Waals surface area contributed by atoms with E-state index in [0.29, 0.717) is 43.4 Å². The summed E-state index contributed by atoms with van der Waals surface area (Å²) >= 11 is 5.32. The standard InChI is InChI=1S/C27H26N4O4S/c32-25(20-6-11-23-24(18-20)35-17-16-34-23)29-27(36)28-21-7-9-22(10-8-21)30-12-14-31(15-13-30)26(33)19-4-2-1-3-5-19/h1-11,18H,12-17H2,(H2,28,29,32,36). The van der Waals surface area contributed by atoms with E-state index in [4.69, 9.17) is 21.7 Å². The lowest BCUT2D eigenvalue weighted by Crippen LogP contribution is -2.48. The molecular weight excluding hydrogens is 476 g/mol. The second-order valence-corrected chi connectivity index (χ2v) is 8.87. The summed E-state index contributed by atoms with van der Waals surface area (Å²) in [6, 6.07) is 22.3. The molecule has 1 saturated heterocycles. The van der Waals surface area contributed by atoms with Gasteiger partial charge in [-0.3, -0.25) is 14.9 Å². The molecule has 2 amide bonds. The molecule has 2 N–H and O–H groups in total. The Kier molecular flexibility index (Phi) is 6.99. The van der Waals surface area contributed by atoms with Gasteiger partial charge in [-0.15, -0.1) is 0 Å². The van der Waals surface area contributed by atoms with Crippen molar-refractivity contribution in [3.63, 3.8) is 0 Å². The van der Waals surface area contributed by atoms with Gasteiger partial charge in [0.2, 0.25) is 0 Å². The molecule has 0 spiro atoms. The summed E-state index contributed by atoms with van der Waals surface area (Å²) in [6.07, 6.45) is 0. The number of piperazine rings is 1. The Hall–Kier alpha value is -4.11. The third kappa shape index (κ3) is 5.41. The number of fused-ring (bicyclic) bond motifs is 1. The maximum atomic E-state index is 12.7. The van der Waals surface area contributed by atoms with E-state index in [1.807, 2.05) is 59.5 Å². The van der Waals surface area contributed by atoms with Gasteiger partial charge in [0.25, 0.3) is 11.8 Å². The van der Waals surface area contributed by atoms with Gasteiger partial charge in [-0.05, 0) is 66.8 Å². The van der Waals surface area contributed by atoms with Crippen molar-refractivity contribution in [2.24, 2.45) is 0 Å². The van der Waals surface area contributed by atoms with Crippen LogP contribution in [-0.4, -0.2) is 61.2 Å². The number of thiocarbonyl (C=S) groups is 1. The highest BCUT2D eigenvalue weighted by Gasteiger charge is 2.22. The molecule has 1 fully saturated rings. The summed E-state index contributed by atoms with van der Waals surface area (Å²) in [5, 5.41) is 5.95. The number of anilines is 2. The average Bonchev–Trinajstić information content (AvgIpc) is 2.93. The molecule has 8 nitrogen and oxygen atoms in total. The molecule has 36 heavy (non-hydrogen) atoms. The number of nitrogens with one attached hydrogen (secondary N) is 2. The van der Waals surface area contributed by atoms with Gasteiger partial charge in [0.05, 0.1) is 0 Å². The zero-order chi connectivity index (χ0) is 24.9. The Morgan fingerprint density at radius 1 is 0.778 bits per heavy atom. The molecule has 0 aromatic heterocycles. The number of carbonyl (C=O) groups is 2. The van der Waals surface area contributed by atoms with E-state index in [0.717, 1.165) is 30.0 Å². The van der Waals surface area contributed by atoms with Gasteiger partial charge in [0, 0.05) is 48.7 Å². The largest absolute Gasteiger partial charge is 0.486 e. The van der Waals surface area contributed by atoms with Crippen LogP contribution in [0.2, 0.25) is 0 Å². The summed E-state index contributed by atoms with van der Waals surface area (Å²) in [7, 11) is 0. The van der Waals surface area contributed by atoms with E-state index >= 15 is 0 Å². The average molecular weight is 503 g/mol. The zero-order valence-corrected chi connectivity index (χ0v) is 20.4. The van der Waals surface area contributed by atoms with Crippen LogP contribution in [0.25, 0.3) is 0 Å². The number of carbonyl (C=O) groups excluding carboxylic acids is 2. The Morgan fingerprint density at radius 2 is 1.47 bits per heavy atom. The Bertz CT molecular complexity index is 1260. The number of amides is 2. The number of benzene rings is 3. The first-order chi connectivity index (χ1) is 17.6. The summed E-state index contributed by atoms with van der Waals surface area (Å²) in [5.41, 5.74) is 2.99. The monoisotopic (exact) mass is 502 g/mol. The minimum absolute atomic E-state index is 0.0709. The first kappa shape index (κ1) is 23.6. The van der Waals surface area contributed by atoms with Crippen molar-refractivity contribution >= 4 is 40.5 Å². The molecule has 9 heteroatoms. The molecule has 0 unspecified atom stereocenters. The van der Waals surface area contributed by atoms with Crippen LogP contribution in [-0.2, 0) is 0 Å². The fourth-order valence-electron chi connectivity index (χ4n) is 4.21. The molecule has 0 saturated carbocycles. The van der Waals surface area contributed by atoms with Gasteiger partial charge in [0.1, 0.15) is 13.2 Å². The van der Waals surface area contributed by atoms with Crippen molar-refractivity contribution in [1.29, 1.82) is 0 Å². The van der Waals surface area contributed by atoms with Crippen molar-refractivity contribution in [2.45, 2.75) is 0 Å². The number of hydrogen-bond donors (Lipinski definition) is 2. The third-order valence-electron chi connectivity index (χ3n) is 6.11. The van der Waals surface area contributed by atoms with Gasteiger partial charge in [-0.2, -0.15) is 0 Å². The topological polar surface area (TPSA) is 83.1 Å². The quantitative estimate of drug-likeness (QED) is 0.528. The van der Waals surface area contributed by atoms with E-state index in [1.54, 1.807) is 18.2 Å². The fraction of sp³-hybridized carbons (Fsp3) is 0.222. The lowest BCUT2D eigenvalue weighted by Gasteiger charge is -2.36. The van der Waals surface area contributed by atoms with Crippen LogP contribution in [0.15, 0.2) is 72.8 Å². The Labute approximate surface area is 214 Å². The van der Waals surface area contributed by atoms with Crippen LogP contribution in [0.4, 0.5) is 11.4 Å². The lowest BCUT2D eigenvalue weighted by atomic mass is 10.1. The second kappa shape index (κ2) is 10.7. The normalized spacial score (nSPS) is 14.7. The highest BCUT2D eigenvalue weighted by molar-refractivity contribution is 7.80. The van der Waals surface area contributed by atoms with E-state index in [2.05, 4.69) is 15.5 Å². The van der Waals surface area contributed by atoms with Crippen LogP contribution in [0.5, 0.6) is 11.5 Å². The second-order valence-electron chi connectivity index (χ2n) is 8.46. The molecule has 2 aliphatic heterocycles.